The van der Waals surface area contributed by atoms with Crippen LogP contribution in [0.4, 0.5) is 0 Å². The van der Waals surface area contributed by atoms with Crippen LogP contribution in [0, 0.1) is 12.3 Å². The summed E-state index contributed by atoms with van der Waals surface area (Å²) in [4.78, 5) is 14.3. The van der Waals surface area contributed by atoms with Crippen LogP contribution >= 0.6 is 0 Å². The third kappa shape index (κ3) is 3.95. The number of likely N-dealkylation sites (N-methyl/N-ethyl adjacent to an activating group) is 1. The van der Waals surface area contributed by atoms with E-state index in [-0.39, 0.29) is 11.2 Å². The van der Waals surface area contributed by atoms with Gasteiger partial charge in [-0.2, -0.15) is 0 Å². The van der Waals surface area contributed by atoms with Crippen LogP contribution in [0.5, 0.6) is 0 Å². The zero-order chi connectivity index (χ0) is 13.9. The fourth-order valence-corrected chi connectivity index (χ4v) is 1.93. The lowest BCUT2D eigenvalue weighted by Crippen LogP contribution is -2.41. The summed E-state index contributed by atoms with van der Waals surface area (Å²) in [5.41, 5.74) is 2.12. The van der Waals surface area contributed by atoms with E-state index in [1.54, 1.807) is 0 Å². The van der Waals surface area contributed by atoms with E-state index in [9.17, 15) is 4.79 Å². The summed E-state index contributed by atoms with van der Waals surface area (Å²) in [6.07, 6.45) is 0. The molecule has 0 aliphatic rings. The Morgan fingerprint density at radius 1 is 1.33 bits per heavy atom. The second-order valence-corrected chi connectivity index (χ2v) is 6.25. The van der Waals surface area contributed by atoms with E-state index in [0.29, 0.717) is 12.6 Å². The van der Waals surface area contributed by atoms with Gasteiger partial charge in [-0.25, -0.2) is 0 Å². The van der Waals surface area contributed by atoms with E-state index in [1.165, 1.54) is 0 Å². The second kappa shape index (κ2) is 5.66. The number of ketones is 1. The average molecular weight is 247 g/mol. The van der Waals surface area contributed by atoms with Crippen LogP contribution in [0.3, 0.4) is 0 Å². The number of aryl methyl sites for hydroxylation is 1. The fourth-order valence-electron chi connectivity index (χ4n) is 1.93. The van der Waals surface area contributed by atoms with Gasteiger partial charge in [0.1, 0.15) is 0 Å². The highest BCUT2D eigenvalue weighted by Crippen LogP contribution is 2.23. The molecule has 0 bridgehead atoms. The van der Waals surface area contributed by atoms with Gasteiger partial charge in [0.2, 0.25) is 0 Å². The van der Waals surface area contributed by atoms with Crippen molar-refractivity contribution in [2.75, 3.05) is 13.6 Å². The third-order valence-electron chi connectivity index (χ3n) is 3.65. The van der Waals surface area contributed by atoms with Gasteiger partial charge in [0, 0.05) is 11.6 Å². The standard InChI is InChI=1S/C16H25NO/c1-12-8-7-9-14(10-12)15(18)11-17(6)13(2)16(3,4)5/h7-10,13H,11H2,1-6H3. The fraction of sp³-hybridized carbons (Fsp3) is 0.562. The van der Waals surface area contributed by atoms with Gasteiger partial charge in [0.25, 0.3) is 0 Å². The maximum Gasteiger partial charge on any atom is 0.176 e. The summed E-state index contributed by atoms with van der Waals surface area (Å²) in [7, 11) is 2.02. The summed E-state index contributed by atoms with van der Waals surface area (Å²) in [5, 5.41) is 0. The molecule has 0 saturated heterocycles. The number of nitrogens with zero attached hydrogens (tertiary/aromatic N) is 1. The van der Waals surface area contributed by atoms with Crippen LogP contribution in [-0.2, 0) is 0 Å². The van der Waals surface area contributed by atoms with Crippen molar-refractivity contribution in [1.29, 1.82) is 0 Å². The molecule has 2 heteroatoms. The third-order valence-corrected chi connectivity index (χ3v) is 3.65. The minimum Gasteiger partial charge on any atom is -0.296 e. The Labute approximate surface area is 111 Å². The predicted molar refractivity (Wildman–Crippen MR) is 77.1 cm³/mol. The Morgan fingerprint density at radius 3 is 2.44 bits per heavy atom. The van der Waals surface area contributed by atoms with E-state index in [0.717, 1.165) is 11.1 Å². The molecule has 1 rings (SSSR count). The Balaban J connectivity index is 2.71. The second-order valence-electron chi connectivity index (χ2n) is 6.25. The number of carbonyl (C=O) groups excluding carboxylic acids is 1. The van der Waals surface area contributed by atoms with Gasteiger partial charge < -0.3 is 0 Å². The van der Waals surface area contributed by atoms with Crippen LogP contribution in [0.2, 0.25) is 0 Å². The van der Waals surface area contributed by atoms with Crippen molar-refractivity contribution >= 4 is 5.78 Å². The van der Waals surface area contributed by atoms with Gasteiger partial charge in [0.05, 0.1) is 6.54 Å². The molecule has 0 aromatic heterocycles. The maximum atomic E-state index is 12.2. The molecule has 1 aromatic rings. The Kier molecular flexibility index (Phi) is 4.69. The number of carbonyl (C=O) groups is 1. The molecule has 0 fully saturated rings. The first-order valence-corrected chi connectivity index (χ1v) is 6.52. The maximum absolute atomic E-state index is 12.2. The molecule has 0 radical (unpaired) electrons. The molecule has 1 unspecified atom stereocenters. The minimum atomic E-state index is 0.182. The molecule has 1 atom stereocenters. The molecule has 0 N–H and O–H groups in total. The first kappa shape index (κ1) is 14.9. The number of hydrogen-bond acceptors (Lipinski definition) is 2. The van der Waals surface area contributed by atoms with E-state index in [1.807, 2.05) is 38.2 Å². The van der Waals surface area contributed by atoms with Crippen LogP contribution in [0.1, 0.15) is 43.6 Å². The highest BCUT2D eigenvalue weighted by molar-refractivity contribution is 5.97. The zero-order valence-electron chi connectivity index (χ0n) is 12.4. The van der Waals surface area contributed by atoms with Crippen LogP contribution in [0.15, 0.2) is 24.3 Å². The lowest BCUT2D eigenvalue weighted by Gasteiger charge is -2.35. The van der Waals surface area contributed by atoms with Crippen molar-refractivity contribution in [2.45, 2.75) is 40.7 Å². The predicted octanol–water partition coefficient (Wildman–Crippen LogP) is 3.54. The number of Topliss-reactive ketones (excluding diaryl/α,β-unsaturated/α-hetero) is 1. The van der Waals surface area contributed by atoms with Gasteiger partial charge in [-0.1, -0.05) is 44.5 Å². The average Bonchev–Trinajstić information content (AvgIpc) is 2.26. The first-order chi connectivity index (χ1) is 8.21. The van der Waals surface area contributed by atoms with E-state index in [4.69, 9.17) is 0 Å². The number of benzene rings is 1. The molecular formula is C16H25NO. The van der Waals surface area contributed by atoms with Crippen LogP contribution in [0.25, 0.3) is 0 Å². The quantitative estimate of drug-likeness (QED) is 0.758. The molecule has 0 aliphatic carbocycles. The molecule has 100 valence electrons. The molecule has 0 aliphatic heterocycles. The van der Waals surface area contributed by atoms with Gasteiger partial charge in [0.15, 0.2) is 5.78 Å². The van der Waals surface area contributed by atoms with Gasteiger partial charge >= 0.3 is 0 Å². The summed E-state index contributed by atoms with van der Waals surface area (Å²) < 4.78 is 0. The van der Waals surface area contributed by atoms with Gasteiger partial charge in [-0.15, -0.1) is 0 Å². The van der Waals surface area contributed by atoms with Crippen LogP contribution < -0.4 is 0 Å². The molecular weight excluding hydrogens is 222 g/mol. The molecule has 0 heterocycles. The highest BCUT2D eigenvalue weighted by Gasteiger charge is 2.25. The molecule has 0 saturated carbocycles. The molecule has 0 amide bonds. The number of hydrogen-bond donors (Lipinski definition) is 0. The first-order valence-electron chi connectivity index (χ1n) is 6.52. The van der Waals surface area contributed by atoms with E-state index < -0.39 is 0 Å². The normalized spacial score (nSPS) is 13.7. The van der Waals surface area contributed by atoms with Crippen molar-refractivity contribution in [3.05, 3.63) is 35.4 Å². The summed E-state index contributed by atoms with van der Waals surface area (Å²) in [6.45, 7) is 11.3. The largest absolute Gasteiger partial charge is 0.296 e. The van der Waals surface area contributed by atoms with Crippen molar-refractivity contribution in [2.24, 2.45) is 5.41 Å². The molecule has 2 nitrogen and oxygen atoms in total. The monoisotopic (exact) mass is 247 g/mol. The summed E-state index contributed by atoms with van der Waals surface area (Å²) in [6, 6.07) is 8.17. The van der Waals surface area contributed by atoms with Gasteiger partial charge in [-0.05, 0) is 32.4 Å². The summed E-state index contributed by atoms with van der Waals surface area (Å²) >= 11 is 0. The molecule has 1 aromatic carbocycles. The van der Waals surface area contributed by atoms with Crippen molar-refractivity contribution in [3.8, 4) is 0 Å². The molecule has 18 heavy (non-hydrogen) atoms. The van der Waals surface area contributed by atoms with Gasteiger partial charge in [-0.3, -0.25) is 9.69 Å². The Morgan fingerprint density at radius 2 is 1.94 bits per heavy atom. The highest BCUT2D eigenvalue weighted by atomic mass is 16.1. The Bertz CT molecular complexity index is 417. The minimum absolute atomic E-state index is 0.182. The summed E-state index contributed by atoms with van der Waals surface area (Å²) in [5.74, 6) is 0.192. The molecule has 0 spiro atoms. The van der Waals surface area contributed by atoms with Crippen molar-refractivity contribution in [3.63, 3.8) is 0 Å². The number of rotatable bonds is 4. The smallest absolute Gasteiger partial charge is 0.176 e. The van der Waals surface area contributed by atoms with Crippen molar-refractivity contribution < 1.29 is 4.79 Å². The lowest BCUT2D eigenvalue weighted by atomic mass is 9.87. The lowest BCUT2D eigenvalue weighted by molar-refractivity contribution is 0.0853. The van der Waals surface area contributed by atoms with E-state index in [2.05, 4.69) is 32.6 Å². The topological polar surface area (TPSA) is 20.3 Å². The SMILES string of the molecule is Cc1cccc(C(=O)CN(C)C(C)C(C)(C)C)c1. The van der Waals surface area contributed by atoms with Crippen molar-refractivity contribution in [1.82, 2.24) is 4.90 Å². The van der Waals surface area contributed by atoms with E-state index >= 15 is 0 Å². The Hall–Kier alpha value is -1.15. The van der Waals surface area contributed by atoms with Crippen LogP contribution in [-0.4, -0.2) is 30.3 Å². The zero-order valence-corrected chi connectivity index (χ0v) is 12.4.